The second-order valence-electron chi connectivity index (χ2n) is 5.48. The summed E-state index contributed by atoms with van der Waals surface area (Å²) in [5.41, 5.74) is 1.32. The molecule has 3 heteroatoms. The first-order valence-corrected chi connectivity index (χ1v) is 8.34. The van der Waals surface area contributed by atoms with E-state index < -0.39 is 0 Å². The Labute approximate surface area is 121 Å². The van der Waals surface area contributed by atoms with Gasteiger partial charge in [0, 0.05) is 5.56 Å². The normalized spacial score (nSPS) is 22.1. The maximum atomic E-state index is 5.91. The first-order chi connectivity index (χ1) is 9.22. The highest BCUT2D eigenvalue weighted by atomic mass is 32.2. The average molecular weight is 279 g/mol. The van der Waals surface area contributed by atoms with Gasteiger partial charge in [0.05, 0.1) is 11.3 Å². The molecule has 0 aliphatic carbocycles. The zero-order valence-corrected chi connectivity index (χ0v) is 13.0. The van der Waals surface area contributed by atoms with Crippen LogP contribution in [0.15, 0.2) is 24.3 Å². The lowest BCUT2D eigenvalue weighted by atomic mass is 10.0. The van der Waals surface area contributed by atoms with Crippen LogP contribution in [0.5, 0.6) is 5.75 Å². The number of hydrogen-bond acceptors (Lipinski definition) is 3. The van der Waals surface area contributed by atoms with Crippen molar-refractivity contribution in [2.75, 3.05) is 18.9 Å². The van der Waals surface area contributed by atoms with Crippen molar-refractivity contribution in [3.05, 3.63) is 29.8 Å². The number of ether oxygens (including phenoxy) is 1. The minimum Gasteiger partial charge on any atom is -0.492 e. The summed E-state index contributed by atoms with van der Waals surface area (Å²) in [7, 11) is 0. The lowest BCUT2D eigenvalue weighted by Gasteiger charge is -2.34. The minimum absolute atomic E-state index is 0.423. The number of nitrogens with one attached hydrogen (secondary N) is 1. The lowest BCUT2D eigenvalue weighted by Crippen LogP contribution is -2.37. The van der Waals surface area contributed by atoms with E-state index in [1.54, 1.807) is 0 Å². The Morgan fingerprint density at radius 1 is 1.37 bits per heavy atom. The predicted octanol–water partition coefficient (Wildman–Crippen LogP) is 3.88. The van der Waals surface area contributed by atoms with Gasteiger partial charge in [-0.2, -0.15) is 11.8 Å². The first kappa shape index (κ1) is 14.7. The fourth-order valence-electron chi connectivity index (χ4n) is 2.40. The van der Waals surface area contributed by atoms with Crippen LogP contribution in [0.2, 0.25) is 0 Å². The van der Waals surface area contributed by atoms with E-state index in [2.05, 4.69) is 44.3 Å². The molecule has 0 aromatic heterocycles. The second-order valence-corrected chi connectivity index (χ2v) is 6.82. The molecule has 2 atom stereocenters. The number of benzene rings is 1. The molecule has 19 heavy (non-hydrogen) atoms. The summed E-state index contributed by atoms with van der Waals surface area (Å²) < 4.78 is 5.91. The number of fused-ring (bicyclic) bond motifs is 1. The van der Waals surface area contributed by atoms with E-state index in [0.717, 1.165) is 24.8 Å². The van der Waals surface area contributed by atoms with Crippen molar-refractivity contribution in [2.24, 2.45) is 5.92 Å². The Bertz CT molecular complexity index is 394. The van der Waals surface area contributed by atoms with Crippen molar-refractivity contribution in [3.63, 3.8) is 0 Å². The van der Waals surface area contributed by atoms with Crippen LogP contribution < -0.4 is 10.1 Å². The quantitative estimate of drug-likeness (QED) is 0.854. The fraction of sp³-hybridized carbons (Fsp3) is 0.625. The Morgan fingerprint density at radius 2 is 2.16 bits per heavy atom. The molecule has 0 saturated heterocycles. The van der Waals surface area contributed by atoms with Gasteiger partial charge in [-0.25, -0.2) is 0 Å². The highest BCUT2D eigenvalue weighted by molar-refractivity contribution is 7.99. The van der Waals surface area contributed by atoms with Crippen molar-refractivity contribution in [3.8, 4) is 5.75 Å². The summed E-state index contributed by atoms with van der Waals surface area (Å²) in [6.07, 6.45) is 1.28. The van der Waals surface area contributed by atoms with Gasteiger partial charge in [-0.15, -0.1) is 0 Å². The van der Waals surface area contributed by atoms with Crippen LogP contribution in [0.4, 0.5) is 0 Å². The number of thioether (sulfide) groups is 1. The van der Waals surface area contributed by atoms with Crippen LogP contribution in [-0.4, -0.2) is 24.2 Å². The molecule has 0 bridgehead atoms. The van der Waals surface area contributed by atoms with Gasteiger partial charge in [-0.1, -0.05) is 39.0 Å². The van der Waals surface area contributed by atoms with Crippen molar-refractivity contribution < 1.29 is 4.74 Å². The van der Waals surface area contributed by atoms with Crippen molar-refractivity contribution in [1.82, 2.24) is 5.32 Å². The molecule has 0 fully saturated rings. The Balaban J connectivity index is 2.04. The zero-order valence-electron chi connectivity index (χ0n) is 12.2. The van der Waals surface area contributed by atoms with Crippen molar-refractivity contribution in [1.29, 1.82) is 0 Å². The van der Waals surface area contributed by atoms with Crippen molar-refractivity contribution >= 4 is 11.8 Å². The predicted molar refractivity (Wildman–Crippen MR) is 84.1 cm³/mol. The third-order valence-corrected chi connectivity index (χ3v) is 4.79. The van der Waals surface area contributed by atoms with E-state index in [0.29, 0.717) is 11.3 Å². The molecule has 1 heterocycles. The van der Waals surface area contributed by atoms with Gasteiger partial charge >= 0.3 is 0 Å². The monoisotopic (exact) mass is 279 g/mol. The van der Waals surface area contributed by atoms with Crippen LogP contribution in [-0.2, 0) is 0 Å². The van der Waals surface area contributed by atoms with Gasteiger partial charge in [-0.3, -0.25) is 0 Å². The fourth-order valence-corrected chi connectivity index (χ4v) is 3.91. The summed E-state index contributed by atoms with van der Waals surface area (Å²) in [5, 5.41) is 4.15. The number of hydrogen-bond donors (Lipinski definition) is 1. The summed E-state index contributed by atoms with van der Waals surface area (Å²) in [6, 6.07) is 8.85. The van der Waals surface area contributed by atoms with Gasteiger partial charge < -0.3 is 10.1 Å². The minimum atomic E-state index is 0.423. The van der Waals surface area contributed by atoms with E-state index in [9.17, 15) is 0 Å². The van der Waals surface area contributed by atoms with E-state index in [4.69, 9.17) is 4.74 Å². The summed E-state index contributed by atoms with van der Waals surface area (Å²) in [5.74, 6) is 3.05. The van der Waals surface area contributed by atoms with E-state index in [1.807, 2.05) is 17.8 Å². The molecule has 1 aromatic rings. The van der Waals surface area contributed by atoms with E-state index in [-0.39, 0.29) is 0 Å². The molecule has 1 aliphatic rings. The Kier molecular flexibility index (Phi) is 5.59. The molecular weight excluding hydrogens is 254 g/mol. The molecule has 2 nitrogen and oxygen atoms in total. The molecule has 0 radical (unpaired) electrons. The molecule has 0 saturated carbocycles. The molecule has 2 unspecified atom stereocenters. The maximum absolute atomic E-state index is 5.91. The van der Waals surface area contributed by atoms with Gasteiger partial charge in [0.15, 0.2) is 0 Å². The first-order valence-electron chi connectivity index (χ1n) is 7.29. The van der Waals surface area contributed by atoms with Gasteiger partial charge in [0.2, 0.25) is 0 Å². The maximum Gasteiger partial charge on any atom is 0.124 e. The molecule has 0 spiro atoms. The van der Waals surface area contributed by atoms with Gasteiger partial charge in [0.1, 0.15) is 12.4 Å². The highest BCUT2D eigenvalue weighted by Crippen LogP contribution is 2.37. The molecule has 2 rings (SSSR count). The van der Waals surface area contributed by atoms with Crippen LogP contribution in [0.25, 0.3) is 0 Å². The standard InChI is InChI=1S/C16H25NOS/c1-4-17-16-13-7-5-6-8-14(13)18-11-15(16)19-10-9-12(2)3/h5-8,12,15-17H,4,9-11H2,1-3H3. The average Bonchev–Trinajstić information content (AvgIpc) is 2.41. The van der Waals surface area contributed by atoms with Gasteiger partial charge in [-0.05, 0) is 30.7 Å². The van der Waals surface area contributed by atoms with Crippen LogP contribution in [0.3, 0.4) is 0 Å². The number of para-hydroxylation sites is 1. The molecular formula is C16H25NOS. The summed E-state index contributed by atoms with van der Waals surface area (Å²) in [6.45, 7) is 8.57. The molecule has 0 amide bonds. The smallest absolute Gasteiger partial charge is 0.124 e. The van der Waals surface area contributed by atoms with Crippen LogP contribution >= 0.6 is 11.8 Å². The van der Waals surface area contributed by atoms with E-state index in [1.165, 1.54) is 17.7 Å². The van der Waals surface area contributed by atoms with E-state index >= 15 is 0 Å². The van der Waals surface area contributed by atoms with Gasteiger partial charge in [0.25, 0.3) is 0 Å². The number of rotatable bonds is 6. The van der Waals surface area contributed by atoms with Crippen molar-refractivity contribution in [2.45, 2.75) is 38.5 Å². The third-order valence-electron chi connectivity index (χ3n) is 3.48. The van der Waals surface area contributed by atoms with Crippen LogP contribution in [0.1, 0.15) is 38.8 Å². The topological polar surface area (TPSA) is 21.3 Å². The summed E-state index contributed by atoms with van der Waals surface area (Å²) in [4.78, 5) is 0. The molecule has 1 aromatic carbocycles. The summed E-state index contributed by atoms with van der Waals surface area (Å²) >= 11 is 2.05. The SMILES string of the molecule is CCNC1c2ccccc2OCC1SCCC(C)C. The largest absolute Gasteiger partial charge is 0.492 e. The highest BCUT2D eigenvalue weighted by Gasteiger charge is 2.30. The molecule has 1 N–H and O–H groups in total. The molecule has 1 aliphatic heterocycles. The Hall–Kier alpha value is -0.670. The zero-order chi connectivity index (χ0) is 13.7. The second kappa shape index (κ2) is 7.20. The Morgan fingerprint density at radius 3 is 2.89 bits per heavy atom. The molecule has 106 valence electrons. The lowest BCUT2D eigenvalue weighted by molar-refractivity contribution is 0.261. The van der Waals surface area contributed by atoms with Crippen LogP contribution in [0, 0.1) is 5.92 Å². The third kappa shape index (κ3) is 3.90.